The monoisotopic (exact) mass is 460 g/mol. The minimum atomic E-state index is -0.702. The van der Waals surface area contributed by atoms with E-state index in [1.807, 2.05) is 45.0 Å². The van der Waals surface area contributed by atoms with Crippen LogP contribution in [0.5, 0.6) is 0 Å². The average Bonchev–Trinajstić information content (AvgIpc) is 2.81. The molecule has 1 heterocycles. The Morgan fingerprint density at radius 2 is 1.79 bits per heavy atom. The average molecular weight is 461 g/mol. The molecule has 3 amide bonds. The zero-order valence-electron chi connectivity index (χ0n) is 20.3. The number of unbranched alkanes of at least 4 members (excludes halogenated alkanes) is 1. The molecule has 0 spiro atoms. The van der Waals surface area contributed by atoms with Crippen LogP contribution in [0.15, 0.2) is 24.3 Å². The van der Waals surface area contributed by atoms with Gasteiger partial charge in [-0.3, -0.25) is 19.6 Å². The number of hydroxylamine groups is 2. The molecule has 0 aliphatic carbocycles. The molecule has 1 fully saturated rings. The van der Waals surface area contributed by atoms with E-state index < -0.39 is 12.0 Å². The number of rotatable bonds is 13. The summed E-state index contributed by atoms with van der Waals surface area (Å²) in [5, 5.41) is 15.9. The number of amides is 3. The van der Waals surface area contributed by atoms with Gasteiger partial charge in [0.2, 0.25) is 18.2 Å². The summed E-state index contributed by atoms with van der Waals surface area (Å²) in [7, 11) is 0. The number of carbonyl (C=O) groups is 3. The molecular weight excluding hydrogens is 420 g/mol. The van der Waals surface area contributed by atoms with Crippen LogP contribution in [-0.4, -0.2) is 54.2 Å². The van der Waals surface area contributed by atoms with Crippen molar-refractivity contribution in [2.45, 2.75) is 71.8 Å². The van der Waals surface area contributed by atoms with Crippen LogP contribution in [-0.2, 0) is 14.4 Å². The van der Waals surface area contributed by atoms with Gasteiger partial charge in [0.1, 0.15) is 6.04 Å². The van der Waals surface area contributed by atoms with Crippen molar-refractivity contribution in [2.75, 3.05) is 29.9 Å². The number of nitrogens with one attached hydrogen (secondary N) is 2. The fourth-order valence-electron chi connectivity index (χ4n) is 4.15. The molecule has 1 aliphatic heterocycles. The zero-order valence-corrected chi connectivity index (χ0v) is 20.3. The van der Waals surface area contributed by atoms with E-state index >= 15 is 0 Å². The number of hydrogen-bond donors (Lipinski definition) is 3. The van der Waals surface area contributed by atoms with Crippen molar-refractivity contribution in [1.29, 1.82) is 0 Å². The third-order valence-corrected chi connectivity index (χ3v) is 6.00. The molecule has 1 saturated heterocycles. The van der Waals surface area contributed by atoms with E-state index in [9.17, 15) is 19.6 Å². The van der Waals surface area contributed by atoms with Crippen molar-refractivity contribution in [3.05, 3.63) is 24.3 Å². The van der Waals surface area contributed by atoms with Crippen LogP contribution < -0.4 is 15.5 Å². The van der Waals surface area contributed by atoms with Gasteiger partial charge in [-0.05, 0) is 62.3 Å². The first-order valence-electron chi connectivity index (χ1n) is 12.2. The first-order valence-corrected chi connectivity index (χ1v) is 12.2. The Hall–Kier alpha value is -2.61. The molecule has 33 heavy (non-hydrogen) atoms. The topological polar surface area (TPSA) is 102 Å². The third kappa shape index (κ3) is 9.04. The Labute approximate surface area is 197 Å². The Morgan fingerprint density at radius 3 is 2.36 bits per heavy atom. The fourth-order valence-corrected chi connectivity index (χ4v) is 4.15. The molecule has 1 aromatic rings. The second-order valence-electron chi connectivity index (χ2n) is 9.34. The molecule has 8 heteroatoms. The molecule has 0 radical (unpaired) electrons. The standard InChI is InChI=1S/C25H40N4O4/c1-4-5-9-20(17-29(33)18-30)24(31)27-23(16-19(2)3)25(32)26-21-10-12-22(13-11-21)28-14-7-6-8-15-28/h10-13,18-20,23,33H,4-9,14-17H2,1-3H3,(H,26,32)(H,27,31)/t20-,23+/m1/s1. The van der Waals surface area contributed by atoms with Crippen LogP contribution in [0.25, 0.3) is 0 Å². The number of hydrogen-bond acceptors (Lipinski definition) is 5. The molecule has 0 bridgehead atoms. The number of piperidine rings is 1. The van der Waals surface area contributed by atoms with Crippen LogP contribution in [0.2, 0.25) is 0 Å². The molecule has 1 aromatic carbocycles. The first kappa shape index (κ1) is 26.6. The van der Waals surface area contributed by atoms with Gasteiger partial charge in [0.25, 0.3) is 0 Å². The number of nitrogens with zero attached hydrogens (tertiary/aromatic N) is 2. The summed E-state index contributed by atoms with van der Waals surface area (Å²) in [6, 6.07) is 7.13. The first-order chi connectivity index (χ1) is 15.8. The van der Waals surface area contributed by atoms with Crippen molar-refractivity contribution >= 4 is 29.6 Å². The lowest BCUT2D eigenvalue weighted by Gasteiger charge is -2.29. The van der Waals surface area contributed by atoms with Crippen LogP contribution in [0.3, 0.4) is 0 Å². The zero-order chi connectivity index (χ0) is 24.2. The summed E-state index contributed by atoms with van der Waals surface area (Å²) in [5.41, 5.74) is 1.84. The van der Waals surface area contributed by atoms with E-state index in [0.29, 0.717) is 23.6 Å². The van der Waals surface area contributed by atoms with Crippen molar-refractivity contribution in [2.24, 2.45) is 11.8 Å². The van der Waals surface area contributed by atoms with Gasteiger partial charge in [-0.25, -0.2) is 5.06 Å². The number of anilines is 2. The Kier molecular flexibility index (Phi) is 11.2. The predicted octanol–water partition coefficient (Wildman–Crippen LogP) is 3.80. The maximum atomic E-state index is 13.0. The summed E-state index contributed by atoms with van der Waals surface area (Å²) >= 11 is 0. The minimum Gasteiger partial charge on any atom is -0.372 e. The van der Waals surface area contributed by atoms with Crippen molar-refractivity contribution in [1.82, 2.24) is 10.4 Å². The van der Waals surface area contributed by atoms with Crippen LogP contribution in [0.4, 0.5) is 11.4 Å². The van der Waals surface area contributed by atoms with E-state index in [1.165, 1.54) is 19.3 Å². The molecular formula is C25H40N4O4. The molecule has 2 rings (SSSR count). The van der Waals surface area contributed by atoms with Gasteiger partial charge in [0.15, 0.2) is 0 Å². The minimum absolute atomic E-state index is 0.0939. The summed E-state index contributed by atoms with van der Waals surface area (Å²) in [5.74, 6) is -0.980. The highest BCUT2D eigenvalue weighted by Crippen LogP contribution is 2.22. The summed E-state index contributed by atoms with van der Waals surface area (Å²) < 4.78 is 0. The predicted molar refractivity (Wildman–Crippen MR) is 130 cm³/mol. The molecule has 1 aliphatic rings. The van der Waals surface area contributed by atoms with Gasteiger partial charge in [0.05, 0.1) is 12.5 Å². The van der Waals surface area contributed by atoms with Crippen LogP contribution in [0.1, 0.15) is 65.7 Å². The summed E-state index contributed by atoms with van der Waals surface area (Å²) in [6.07, 6.45) is 6.66. The Morgan fingerprint density at radius 1 is 1.12 bits per heavy atom. The van der Waals surface area contributed by atoms with E-state index in [-0.39, 0.29) is 30.7 Å². The van der Waals surface area contributed by atoms with Gasteiger partial charge in [0, 0.05) is 24.5 Å². The number of carbonyl (C=O) groups excluding carboxylic acids is 3. The van der Waals surface area contributed by atoms with Gasteiger partial charge in [-0.1, -0.05) is 33.6 Å². The fraction of sp³-hybridized carbons (Fsp3) is 0.640. The van der Waals surface area contributed by atoms with Crippen molar-refractivity contribution in [3.8, 4) is 0 Å². The second-order valence-corrected chi connectivity index (χ2v) is 9.34. The van der Waals surface area contributed by atoms with Gasteiger partial charge >= 0.3 is 0 Å². The Bertz CT molecular complexity index is 747. The SMILES string of the molecule is CCCC[C@H](CN(O)C=O)C(=O)N[C@@H](CC(C)C)C(=O)Nc1ccc(N2CCCCC2)cc1. The smallest absolute Gasteiger partial charge is 0.246 e. The van der Waals surface area contributed by atoms with E-state index in [4.69, 9.17) is 0 Å². The molecule has 3 N–H and O–H groups in total. The molecule has 0 aromatic heterocycles. The maximum Gasteiger partial charge on any atom is 0.246 e. The number of benzene rings is 1. The van der Waals surface area contributed by atoms with Crippen LogP contribution in [0, 0.1) is 11.8 Å². The summed E-state index contributed by atoms with van der Waals surface area (Å²) in [4.78, 5) is 39.1. The Balaban J connectivity index is 2.03. The third-order valence-electron chi connectivity index (χ3n) is 6.00. The largest absolute Gasteiger partial charge is 0.372 e. The van der Waals surface area contributed by atoms with Crippen molar-refractivity contribution < 1.29 is 19.6 Å². The molecule has 0 saturated carbocycles. The van der Waals surface area contributed by atoms with Gasteiger partial charge in [-0.15, -0.1) is 0 Å². The summed E-state index contributed by atoms with van der Waals surface area (Å²) in [6.45, 7) is 8.03. The van der Waals surface area contributed by atoms with Crippen molar-refractivity contribution in [3.63, 3.8) is 0 Å². The molecule has 0 unspecified atom stereocenters. The van der Waals surface area contributed by atoms with Gasteiger partial charge in [-0.2, -0.15) is 0 Å². The second kappa shape index (κ2) is 13.8. The van der Waals surface area contributed by atoms with E-state index in [1.54, 1.807) is 0 Å². The quantitative estimate of drug-likeness (QED) is 0.236. The molecule has 184 valence electrons. The highest BCUT2D eigenvalue weighted by Gasteiger charge is 2.27. The maximum absolute atomic E-state index is 13.0. The molecule has 8 nitrogen and oxygen atoms in total. The lowest BCUT2D eigenvalue weighted by Crippen LogP contribution is -2.48. The van der Waals surface area contributed by atoms with Crippen LogP contribution >= 0.6 is 0 Å². The highest BCUT2D eigenvalue weighted by atomic mass is 16.5. The van der Waals surface area contributed by atoms with E-state index in [2.05, 4.69) is 15.5 Å². The lowest BCUT2D eigenvalue weighted by molar-refractivity contribution is -0.155. The molecule has 2 atom stereocenters. The highest BCUT2D eigenvalue weighted by molar-refractivity contribution is 5.97. The normalized spacial score (nSPS) is 15.6. The van der Waals surface area contributed by atoms with Gasteiger partial charge < -0.3 is 15.5 Å². The van der Waals surface area contributed by atoms with E-state index in [0.717, 1.165) is 31.6 Å². The lowest BCUT2D eigenvalue weighted by atomic mass is 9.98.